The minimum absolute atomic E-state index is 0.188. The van der Waals surface area contributed by atoms with Crippen LogP contribution in [0.25, 0.3) is 0 Å². The number of methoxy groups -OCH3 is 1. The largest absolute Gasteiger partial charge is 0.496 e. The number of hydrogen-bond acceptors (Lipinski definition) is 5. The van der Waals surface area contributed by atoms with Gasteiger partial charge in [0.1, 0.15) is 5.75 Å². The van der Waals surface area contributed by atoms with Crippen molar-refractivity contribution >= 4 is 11.6 Å². The van der Waals surface area contributed by atoms with Crippen molar-refractivity contribution in [2.24, 2.45) is 12.8 Å². The molecule has 0 aliphatic carbocycles. The van der Waals surface area contributed by atoms with Gasteiger partial charge >= 0.3 is 0 Å². The van der Waals surface area contributed by atoms with Gasteiger partial charge in [0.2, 0.25) is 0 Å². The molecule has 0 spiro atoms. The van der Waals surface area contributed by atoms with Crippen LogP contribution in [0.3, 0.4) is 0 Å². The van der Waals surface area contributed by atoms with Crippen molar-refractivity contribution < 1.29 is 4.74 Å². The van der Waals surface area contributed by atoms with E-state index in [0.29, 0.717) is 23.1 Å². The quantitative estimate of drug-likeness (QED) is 0.893. The zero-order valence-electron chi connectivity index (χ0n) is 10.2. The van der Waals surface area contributed by atoms with E-state index in [2.05, 4.69) is 15.4 Å². The first kappa shape index (κ1) is 12.8. The van der Waals surface area contributed by atoms with Crippen LogP contribution in [0.1, 0.15) is 17.3 Å². The summed E-state index contributed by atoms with van der Waals surface area (Å²) in [6.45, 7) is 0.350. The SMILES string of the molecule is COc1ccc(Cl)cc1C(CN)c1nnn(C)n1. The minimum atomic E-state index is -0.188. The van der Waals surface area contributed by atoms with Crippen molar-refractivity contribution in [3.8, 4) is 5.75 Å². The lowest BCUT2D eigenvalue weighted by atomic mass is 9.97. The van der Waals surface area contributed by atoms with Crippen molar-refractivity contribution in [1.82, 2.24) is 20.2 Å². The van der Waals surface area contributed by atoms with E-state index in [0.717, 1.165) is 5.56 Å². The highest BCUT2D eigenvalue weighted by Crippen LogP contribution is 2.31. The monoisotopic (exact) mass is 267 g/mol. The molecular weight excluding hydrogens is 254 g/mol. The second-order valence-corrected chi connectivity index (χ2v) is 4.25. The van der Waals surface area contributed by atoms with Gasteiger partial charge in [-0.2, -0.15) is 4.80 Å². The molecule has 0 aliphatic rings. The van der Waals surface area contributed by atoms with Crippen molar-refractivity contribution in [1.29, 1.82) is 0 Å². The summed E-state index contributed by atoms with van der Waals surface area (Å²) in [4.78, 5) is 1.40. The van der Waals surface area contributed by atoms with Crippen LogP contribution in [0.5, 0.6) is 5.75 Å². The van der Waals surface area contributed by atoms with Crippen LogP contribution in [0.4, 0.5) is 0 Å². The third kappa shape index (κ3) is 2.44. The number of hydrogen-bond donors (Lipinski definition) is 1. The van der Waals surface area contributed by atoms with Crippen LogP contribution in [0.15, 0.2) is 18.2 Å². The first-order valence-electron chi connectivity index (χ1n) is 5.43. The summed E-state index contributed by atoms with van der Waals surface area (Å²) in [5.74, 6) is 1.08. The van der Waals surface area contributed by atoms with Crippen LogP contribution >= 0.6 is 11.6 Å². The molecule has 1 aromatic heterocycles. The maximum atomic E-state index is 6.01. The van der Waals surface area contributed by atoms with E-state index >= 15 is 0 Å². The van der Waals surface area contributed by atoms with Gasteiger partial charge in [-0.05, 0) is 23.4 Å². The molecule has 1 unspecified atom stereocenters. The van der Waals surface area contributed by atoms with E-state index < -0.39 is 0 Å². The van der Waals surface area contributed by atoms with Gasteiger partial charge in [0.05, 0.1) is 20.1 Å². The molecular formula is C11H14ClN5O. The second-order valence-electron chi connectivity index (χ2n) is 3.81. The number of aryl methyl sites for hydroxylation is 1. The summed E-state index contributed by atoms with van der Waals surface area (Å²) in [5.41, 5.74) is 6.67. The number of halogens is 1. The Kier molecular flexibility index (Phi) is 3.78. The number of aromatic nitrogens is 4. The maximum Gasteiger partial charge on any atom is 0.183 e. The van der Waals surface area contributed by atoms with E-state index in [1.165, 1.54) is 4.80 Å². The van der Waals surface area contributed by atoms with Crippen molar-refractivity contribution in [3.05, 3.63) is 34.6 Å². The summed E-state index contributed by atoms with van der Waals surface area (Å²) in [7, 11) is 3.31. The first-order chi connectivity index (χ1) is 8.65. The lowest BCUT2D eigenvalue weighted by molar-refractivity contribution is 0.407. The fraction of sp³-hybridized carbons (Fsp3) is 0.364. The molecule has 1 heterocycles. The molecule has 2 N–H and O–H groups in total. The highest BCUT2D eigenvalue weighted by Gasteiger charge is 2.21. The standard InChI is InChI=1S/C11H14ClN5O/c1-17-15-11(14-16-17)9(6-13)8-5-7(12)3-4-10(8)18-2/h3-5,9H,6,13H2,1-2H3. The van der Waals surface area contributed by atoms with Crippen molar-refractivity contribution in [2.45, 2.75) is 5.92 Å². The van der Waals surface area contributed by atoms with Gasteiger partial charge in [0.15, 0.2) is 5.82 Å². The molecule has 0 bridgehead atoms. The van der Waals surface area contributed by atoms with Gasteiger partial charge in [-0.25, -0.2) is 0 Å². The van der Waals surface area contributed by atoms with E-state index in [4.69, 9.17) is 22.1 Å². The van der Waals surface area contributed by atoms with E-state index in [1.54, 1.807) is 26.3 Å². The summed E-state index contributed by atoms with van der Waals surface area (Å²) in [6, 6.07) is 5.38. The molecule has 0 radical (unpaired) electrons. The van der Waals surface area contributed by atoms with Crippen LogP contribution in [0.2, 0.25) is 5.02 Å². The normalized spacial score (nSPS) is 12.4. The van der Waals surface area contributed by atoms with E-state index in [1.807, 2.05) is 6.07 Å². The number of benzene rings is 1. The Labute approximate surface area is 110 Å². The van der Waals surface area contributed by atoms with Crippen LogP contribution in [-0.4, -0.2) is 33.9 Å². The average molecular weight is 268 g/mol. The van der Waals surface area contributed by atoms with Crippen LogP contribution in [-0.2, 0) is 7.05 Å². The summed E-state index contributed by atoms with van der Waals surface area (Å²) in [5, 5.41) is 12.6. The van der Waals surface area contributed by atoms with Crippen LogP contribution < -0.4 is 10.5 Å². The Bertz CT molecular complexity index is 542. The van der Waals surface area contributed by atoms with Crippen LogP contribution in [0, 0.1) is 0 Å². The summed E-state index contributed by atoms with van der Waals surface area (Å²) < 4.78 is 5.31. The summed E-state index contributed by atoms with van der Waals surface area (Å²) >= 11 is 6.01. The van der Waals surface area contributed by atoms with Gasteiger partial charge in [0, 0.05) is 17.1 Å². The molecule has 1 aromatic carbocycles. The number of rotatable bonds is 4. The van der Waals surface area contributed by atoms with Gasteiger partial charge in [0.25, 0.3) is 0 Å². The smallest absolute Gasteiger partial charge is 0.183 e. The van der Waals surface area contributed by atoms with E-state index in [-0.39, 0.29) is 5.92 Å². The second kappa shape index (κ2) is 5.32. The molecule has 1 atom stereocenters. The lowest BCUT2D eigenvalue weighted by Crippen LogP contribution is -2.16. The molecule has 0 fully saturated rings. The highest BCUT2D eigenvalue weighted by molar-refractivity contribution is 6.30. The topological polar surface area (TPSA) is 78.9 Å². The third-order valence-electron chi connectivity index (χ3n) is 2.64. The van der Waals surface area contributed by atoms with Crippen molar-refractivity contribution in [2.75, 3.05) is 13.7 Å². The van der Waals surface area contributed by atoms with Gasteiger partial charge in [-0.1, -0.05) is 11.6 Å². The molecule has 0 aliphatic heterocycles. The Hall–Kier alpha value is -1.66. The Morgan fingerprint density at radius 2 is 2.28 bits per heavy atom. The lowest BCUT2D eigenvalue weighted by Gasteiger charge is -2.15. The average Bonchev–Trinajstić information content (AvgIpc) is 2.77. The van der Waals surface area contributed by atoms with Crippen molar-refractivity contribution in [3.63, 3.8) is 0 Å². The number of nitrogens with two attached hydrogens (primary N) is 1. The zero-order valence-corrected chi connectivity index (χ0v) is 10.9. The van der Waals surface area contributed by atoms with Gasteiger partial charge < -0.3 is 10.5 Å². The molecule has 0 saturated carbocycles. The first-order valence-corrected chi connectivity index (χ1v) is 5.81. The molecule has 6 nitrogen and oxygen atoms in total. The maximum absolute atomic E-state index is 6.01. The minimum Gasteiger partial charge on any atom is -0.496 e. The molecule has 96 valence electrons. The Balaban J connectivity index is 2.47. The summed E-state index contributed by atoms with van der Waals surface area (Å²) in [6.07, 6.45) is 0. The molecule has 2 rings (SSSR count). The number of tetrazole rings is 1. The van der Waals surface area contributed by atoms with Gasteiger partial charge in [-0.3, -0.25) is 0 Å². The Morgan fingerprint density at radius 1 is 1.50 bits per heavy atom. The van der Waals surface area contributed by atoms with Gasteiger partial charge in [-0.15, -0.1) is 10.2 Å². The fourth-order valence-corrected chi connectivity index (χ4v) is 1.97. The Morgan fingerprint density at radius 3 is 2.83 bits per heavy atom. The predicted octanol–water partition coefficient (Wildman–Crippen LogP) is 0.963. The molecule has 2 aromatic rings. The number of ether oxygens (including phenoxy) is 1. The number of nitrogens with zero attached hydrogens (tertiary/aromatic N) is 4. The molecule has 0 saturated heterocycles. The highest BCUT2D eigenvalue weighted by atomic mass is 35.5. The van der Waals surface area contributed by atoms with E-state index in [9.17, 15) is 0 Å². The molecule has 18 heavy (non-hydrogen) atoms. The predicted molar refractivity (Wildman–Crippen MR) is 67.7 cm³/mol. The fourth-order valence-electron chi connectivity index (χ4n) is 1.79. The third-order valence-corrected chi connectivity index (χ3v) is 2.87. The molecule has 0 amide bonds. The molecule has 7 heteroatoms. The zero-order chi connectivity index (χ0) is 13.1.